The minimum atomic E-state index is -0.452. The van der Waals surface area contributed by atoms with Crippen molar-refractivity contribution in [2.24, 2.45) is 0 Å². The molecule has 2 heterocycles. The van der Waals surface area contributed by atoms with Crippen molar-refractivity contribution in [3.05, 3.63) is 46.7 Å². The molecule has 0 saturated carbocycles. The Morgan fingerprint density at radius 1 is 1.33 bits per heavy atom. The summed E-state index contributed by atoms with van der Waals surface area (Å²) in [6.07, 6.45) is 3.13. The van der Waals surface area contributed by atoms with Crippen molar-refractivity contribution in [2.75, 3.05) is 13.7 Å². The van der Waals surface area contributed by atoms with Crippen molar-refractivity contribution in [3.63, 3.8) is 0 Å². The predicted molar refractivity (Wildman–Crippen MR) is 98.8 cm³/mol. The van der Waals surface area contributed by atoms with Crippen LogP contribution in [0.2, 0.25) is 5.02 Å². The summed E-state index contributed by atoms with van der Waals surface area (Å²) >= 11 is 5.87. The third kappa shape index (κ3) is 5.05. The van der Waals surface area contributed by atoms with Crippen LogP contribution in [0.25, 0.3) is 0 Å². The summed E-state index contributed by atoms with van der Waals surface area (Å²) in [4.78, 5) is 26.8. The van der Waals surface area contributed by atoms with E-state index >= 15 is 0 Å². The summed E-state index contributed by atoms with van der Waals surface area (Å²) in [6, 6.07) is 6.84. The number of nitrogens with zero attached hydrogens (tertiary/aromatic N) is 4. The second kappa shape index (κ2) is 8.96. The number of nitrogens with one attached hydrogen (secondary N) is 1. The molecular formula is C18H22ClN5O3. The average Bonchev–Trinajstić information content (AvgIpc) is 3.31. The van der Waals surface area contributed by atoms with Crippen molar-refractivity contribution in [2.45, 2.75) is 38.6 Å². The molecule has 27 heavy (non-hydrogen) atoms. The quantitative estimate of drug-likeness (QED) is 0.770. The lowest BCUT2D eigenvalue weighted by atomic mass is 10.2. The number of likely N-dealkylation sites (tertiary alicyclic amines) is 1. The molecule has 9 heteroatoms. The van der Waals surface area contributed by atoms with Crippen LogP contribution in [0, 0.1) is 0 Å². The van der Waals surface area contributed by atoms with E-state index < -0.39 is 6.04 Å². The topological polar surface area (TPSA) is 89.4 Å². The molecule has 0 spiro atoms. The average molecular weight is 392 g/mol. The fourth-order valence-corrected chi connectivity index (χ4v) is 3.23. The Labute approximate surface area is 162 Å². The fourth-order valence-electron chi connectivity index (χ4n) is 3.11. The Bertz CT molecular complexity index is 793. The van der Waals surface area contributed by atoms with Gasteiger partial charge in [-0.25, -0.2) is 4.68 Å². The summed E-state index contributed by atoms with van der Waals surface area (Å²) < 4.78 is 6.46. The van der Waals surface area contributed by atoms with Gasteiger partial charge >= 0.3 is 0 Å². The highest BCUT2D eigenvalue weighted by Gasteiger charge is 2.34. The van der Waals surface area contributed by atoms with Gasteiger partial charge in [0.1, 0.15) is 18.3 Å². The molecule has 2 aromatic rings. The maximum Gasteiger partial charge on any atom is 0.245 e. The van der Waals surface area contributed by atoms with E-state index in [1.165, 1.54) is 4.68 Å². The SMILES string of the molecule is COCc1cn(CC(=O)N2CCCC2C(=O)NCc2ccc(Cl)cc2)nn1. The number of halogens is 1. The van der Waals surface area contributed by atoms with Gasteiger partial charge in [-0.2, -0.15) is 0 Å². The molecule has 144 valence electrons. The molecule has 0 bridgehead atoms. The number of hydrogen-bond donors (Lipinski definition) is 1. The third-order valence-corrected chi connectivity index (χ3v) is 4.68. The summed E-state index contributed by atoms with van der Waals surface area (Å²) in [5.41, 5.74) is 1.61. The zero-order valence-corrected chi connectivity index (χ0v) is 15.9. The maximum atomic E-state index is 12.6. The minimum Gasteiger partial charge on any atom is -0.378 e. The summed E-state index contributed by atoms with van der Waals surface area (Å²) in [6.45, 7) is 1.36. The highest BCUT2D eigenvalue weighted by molar-refractivity contribution is 6.30. The van der Waals surface area contributed by atoms with E-state index in [1.54, 1.807) is 30.3 Å². The van der Waals surface area contributed by atoms with E-state index in [1.807, 2.05) is 12.1 Å². The minimum absolute atomic E-state index is 0.0533. The number of amides is 2. The van der Waals surface area contributed by atoms with Crippen LogP contribution < -0.4 is 5.32 Å². The summed E-state index contributed by atoms with van der Waals surface area (Å²) in [5, 5.41) is 11.4. The number of hydrogen-bond acceptors (Lipinski definition) is 5. The largest absolute Gasteiger partial charge is 0.378 e. The highest BCUT2D eigenvalue weighted by Crippen LogP contribution is 2.18. The molecule has 1 aliphatic rings. The maximum absolute atomic E-state index is 12.6. The van der Waals surface area contributed by atoms with Gasteiger partial charge in [-0.1, -0.05) is 28.9 Å². The molecule has 1 saturated heterocycles. The van der Waals surface area contributed by atoms with Crippen molar-refractivity contribution < 1.29 is 14.3 Å². The summed E-state index contributed by atoms with van der Waals surface area (Å²) in [7, 11) is 1.57. The van der Waals surface area contributed by atoms with E-state index in [9.17, 15) is 9.59 Å². The first kappa shape index (κ1) is 19.3. The fraction of sp³-hybridized carbons (Fsp3) is 0.444. The van der Waals surface area contributed by atoms with Crippen molar-refractivity contribution >= 4 is 23.4 Å². The zero-order chi connectivity index (χ0) is 19.2. The van der Waals surface area contributed by atoms with E-state index in [0.29, 0.717) is 36.8 Å². The molecule has 1 aliphatic heterocycles. The summed E-state index contributed by atoms with van der Waals surface area (Å²) in [5.74, 6) is -0.289. The van der Waals surface area contributed by atoms with E-state index in [0.717, 1.165) is 12.0 Å². The lowest BCUT2D eigenvalue weighted by Gasteiger charge is -2.24. The Hall–Kier alpha value is -2.45. The number of carbonyl (C=O) groups excluding carboxylic acids is 2. The Morgan fingerprint density at radius 3 is 2.85 bits per heavy atom. The number of methoxy groups -OCH3 is 1. The van der Waals surface area contributed by atoms with Gasteiger partial charge in [0.05, 0.1) is 12.8 Å². The number of carbonyl (C=O) groups is 2. The van der Waals surface area contributed by atoms with E-state index in [-0.39, 0.29) is 18.4 Å². The number of ether oxygens (including phenoxy) is 1. The van der Waals surface area contributed by atoms with Gasteiger partial charge in [0.2, 0.25) is 11.8 Å². The molecule has 1 N–H and O–H groups in total. The van der Waals surface area contributed by atoms with Crippen LogP contribution in [0.15, 0.2) is 30.5 Å². The predicted octanol–water partition coefficient (Wildman–Crippen LogP) is 1.39. The van der Waals surface area contributed by atoms with Crippen LogP contribution >= 0.6 is 11.6 Å². The molecule has 0 aliphatic carbocycles. The Morgan fingerprint density at radius 2 is 2.11 bits per heavy atom. The first-order valence-electron chi connectivity index (χ1n) is 8.76. The Balaban J connectivity index is 1.55. The third-order valence-electron chi connectivity index (χ3n) is 4.43. The van der Waals surface area contributed by atoms with Gasteiger partial charge in [0.15, 0.2) is 0 Å². The van der Waals surface area contributed by atoms with Gasteiger partial charge in [-0.15, -0.1) is 5.10 Å². The van der Waals surface area contributed by atoms with Crippen molar-refractivity contribution in [1.29, 1.82) is 0 Å². The van der Waals surface area contributed by atoms with E-state index in [2.05, 4.69) is 15.6 Å². The lowest BCUT2D eigenvalue weighted by molar-refractivity contribution is -0.139. The van der Waals surface area contributed by atoms with Crippen LogP contribution in [0.4, 0.5) is 0 Å². The van der Waals surface area contributed by atoms with Gasteiger partial charge in [-0.3, -0.25) is 9.59 Å². The standard InChI is InChI=1S/C18H22ClN5O3/c1-27-12-15-10-23(22-21-15)11-17(25)24-8-2-3-16(24)18(26)20-9-13-4-6-14(19)7-5-13/h4-7,10,16H,2-3,8-9,11-12H2,1H3,(H,20,26). The normalized spacial score (nSPS) is 16.5. The van der Waals surface area contributed by atoms with Crippen LogP contribution in [0.5, 0.6) is 0 Å². The van der Waals surface area contributed by atoms with Gasteiger partial charge in [0.25, 0.3) is 0 Å². The lowest BCUT2D eigenvalue weighted by Crippen LogP contribution is -2.46. The molecule has 1 aromatic carbocycles. The molecular weight excluding hydrogens is 370 g/mol. The van der Waals surface area contributed by atoms with Gasteiger partial charge in [0, 0.05) is 25.2 Å². The van der Waals surface area contributed by atoms with Gasteiger partial charge in [-0.05, 0) is 30.5 Å². The smallest absolute Gasteiger partial charge is 0.245 e. The molecule has 0 radical (unpaired) electrons. The second-order valence-electron chi connectivity index (χ2n) is 6.43. The molecule has 1 unspecified atom stereocenters. The first-order chi connectivity index (χ1) is 13.1. The molecule has 3 rings (SSSR count). The van der Waals surface area contributed by atoms with Crippen LogP contribution in [0.1, 0.15) is 24.1 Å². The molecule has 8 nitrogen and oxygen atoms in total. The molecule has 1 atom stereocenters. The molecule has 1 fully saturated rings. The van der Waals surface area contributed by atoms with Crippen molar-refractivity contribution in [1.82, 2.24) is 25.2 Å². The van der Waals surface area contributed by atoms with Crippen LogP contribution in [-0.4, -0.2) is 51.4 Å². The molecule has 2 amide bonds. The first-order valence-corrected chi connectivity index (χ1v) is 9.14. The number of rotatable bonds is 7. The van der Waals surface area contributed by atoms with Crippen LogP contribution in [0.3, 0.4) is 0 Å². The monoisotopic (exact) mass is 391 g/mol. The number of benzene rings is 1. The van der Waals surface area contributed by atoms with Crippen molar-refractivity contribution in [3.8, 4) is 0 Å². The molecule has 1 aromatic heterocycles. The van der Waals surface area contributed by atoms with E-state index in [4.69, 9.17) is 16.3 Å². The van der Waals surface area contributed by atoms with Crippen LogP contribution in [-0.2, 0) is 34.0 Å². The zero-order valence-electron chi connectivity index (χ0n) is 15.1. The number of aromatic nitrogens is 3. The highest BCUT2D eigenvalue weighted by atomic mass is 35.5. The Kier molecular flexibility index (Phi) is 6.41. The second-order valence-corrected chi connectivity index (χ2v) is 6.87. The van der Waals surface area contributed by atoms with Gasteiger partial charge < -0.3 is 15.0 Å².